The number of hydrogen-bond acceptors (Lipinski definition) is 3. The summed E-state index contributed by atoms with van der Waals surface area (Å²) in [4.78, 5) is 4.10. The fraction of sp³-hybridized carbons (Fsp3) is 0.722. The number of aliphatic imine (C=N–C) groups is 1. The molecule has 1 fully saturated rings. The molecule has 0 aromatic carbocycles. The van der Waals surface area contributed by atoms with Gasteiger partial charge in [0.15, 0.2) is 8.32 Å². The van der Waals surface area contributed by atoms with E-state index < -0.39 is 8.32 Å². The van der Waals surface area contributed by atoms with Crippen LogP contribution >= 0.6 is 15.9 Å². The largest absolute Gasteiger partial charge is 0.414 e. The van der Waals surface area contributed by atoms with Crippen LogP contribution in [0, 0.1) is 0 Å². The Morgan fingerprint density at radius 3 is 2.38 bits per heavy atom. The predicted octanol–water partition coefficient (Wildman–Crippen LogP) is 5.39. The molecular weight excluding hydrogens is 382 g/mol. The Hall–Kier alpha value is -0.593. The fourth-order valence-corrected chi connectivity index (χ4v) is 5.07. The summed E-state index contributed by atoms with van der Waals surface area (Å²) in [7, 11) is 0.0940. The summed E-state index contributed by atoms with van der Waals surface area (Å²) in [5.74, 6) is 0.807. The molecule has 0 spiro atoms. The van der Waals surface area contributed by atoms with Crippen LogP contribution in [0.15, 0.2) is 15.7 Å². The van der Waals surface area contributed by atoms with Gasteiger partial charge in [-0.25, -0.2) is 0 Å². The third-order valence-electron chi connectivity index (χ3n) is 5.63. The molecule has 0 amide bonds. The summed E-state index contributed by atoms with van der Waals surface area (Å²) in [6.07, 6.45) is 8.79. The first kappa shape index (κ1) is 19.7. The molecular formula is C18H32BrN3OSi. The maximum Gasteiger partial charge on any atom is 0.192 e. The van der Waals surface area contributed by atoms with Crippen LogP contribution in [-0.2, 0) is 4.43 Å². The Labute approximate surface area is 156 Å². The van der Waals surface area contributed by atoms with Gasteiger partial charge in [-0.2, -0.15) is 0 Å². The summed E-state index contributed by atoms with van der Waals surface area (Å²) in [6.45, 7) is 11.6. The van der Waals surface area contributed by atoms with Gasteiger partial charge in [-0.15, -0.1) is 0 Å². The summed E-state index contributed by atoms with van der Waals surface area (Å²) in [5.41, 5.74) is 7.32. The van der Waals surface area contributed by atoms with Crippen molar-refractivity contribution >= 4 is 36.3 Å². The number of hydrogen-bond donors (Lipinski definition) is 1. The zero-order valence-electron chi connectivity index (χ0n) is 15.9. The Bertz CT molecular complexity index is 596. The van der Waals surface area contributed by atoms with Gasteiger partial charge in [-0.3, -0.25) is 4.99 Å². The first-order chi connectivity index (χ1) is 11.1. The summed E-state index contributed by atoms with van der Waals surface area (Å²) >= 11 is 3.60. The van der Waals surface area contributed by atoms with Crippen molar-refractivity contribution in [2.24, 2.45) is 4.99 Å². The monoisotopic (exact) mass is 413 g/mol. The highest BCUT2D eigenvalue weighted by molar-refractivity contribution is 9.10. The predicted molar refractivity (Wildman–Crippen MR) is 110 cm³/mol. The highest BCUT2D eigenvalue weighted by Crippen LogP contribution is 2.41. The molecule has 1 aliphatic carbocycles. The lowest BCUT2D eigenvalue weighted by Crippen LogP contribution is -2.44. The number of anilines is 1. The summed E-state index contributed by atoms with van der Waals surface area (Å²) in [5, 5.41) is 0.272. The minimum atomic E-state index is -1.68. The van der Waals surface area contributed by atoms with Crippen LogP contribution in [0.3, 0.4) is 0 Å². The average molecular weight is 414 g/mol. The number of nitrogens with zero attached hydrogens (tertiary/aromatic N) is 2. The number of rotatable bonds is 4. The maximum atomic E-state index is 6.59. The van der Waals surface area contributed by atoms with Crippen LogP contribution in [0.2, 0.25) is 18.1 Å². The number of aromatic nitrogens is 1. The third-order valence-corrected chi connectivity index (χ3v) is 10.8. The normalized spacial score (nSPS) is 23.1. The van der Waals surface area contributed by atoms with E-state index in [1.807, 2.05) is 6.21 Å². The number of nitrogens with two attached hydrogens (primary N) is 1. The van der Waals surface area contributed by atoms with Gasteiger partial charge in [-0.05, 0) is 59.7 Å². The zero-order chi connectivity index (χ0) is 18.1. The molecule has 1 aromatic heterocycles. The van der Waals surface area contributed by atoms with Gasteiger partial charge < -0.3 is 14.7 Å². The molecule has 1 aliphatic rings. The molecule has 0 saturated heterocycles. The molecule has 2 N–H and O–H groups in total. The van der Waals surface area contributed by atoms with Gasteiger partial charge >= 0.3 is 0 Å². The maximum absolute atomic E-state index is 6.59. The van der Waals surface area contributed by atoms with Gasteiger partial charge in [0.2, 0.25) is 0 Å². The van der Waals surface area contributed by atoms with E-state index in [2.05, 4.69) is 65.6 Å². The van der Waals surface area contributed by atoms with Crippen LogP contribution in [0.5, 0.6) is 0 Å². The standard InChI is InChI=1S/C18H32BrN3OSi/c1-18(2,3)24(5,6)23-14-9-7-13(8-10-14)22-12-16(19)15(11-21-4)17(22)20/h11-14H,7-10,20H2,1-6H3. The number of halogens is 1. The Balaban J connectivity index is 2.02. The van der Waals surface area contributed by atoms with Gasteiger partial charge in [0.25, 0.3) is 0 Å². The minimum Gasteiger partial charge on any atom is -0.414 e. The lowest BCUT2D eigenvalue weighted by Gasteiger charge is -2.41. The fourth-order valence-electron chi connectivity index (χ4n) is 3.12. The lowest BCUT2D eigenvalue weighted by atomic mass is 9.93. The van der Waals surface area contributed by atoms with Crippen molar-refractivity contribution in [3.05, 3.63) is 16.2 Å². The molecule has 6 heteroatoms. The van der Waals surface area contributed by atoms with Crippen molar-refractivity contribution in [1.29, 1.82) is 0 Å². The number of nitrogen functional groups attached to an aromatic ring is 1. The molecule has 136 valence electrons. The molecule has 0 atom stereocenters. The molecule has 0 radical (unpaired) electrons. The van der Waals surface area contributed by atoms with Gasteiger partial charge in [0.05, 0.1) is 0 Å². The topological polar surface area (TPSA) is 52.5 Å². The molecule has 1 heterocycles. The Morgan fingerprint density at radius 1 is 1.29 bits per heavy atom. The second-order valence-corrected chi connectivity index (χ2v) is 14.0. The van der Waals surface area contributed by atoms with Crippen molar-refractivity contribution in [1.82, 2.24) is 4.57 Å². The van der Waals surface area contributed by atoms with E-state index in [9.17, 15) is 0 Å². The van der Waals surface area contributed by atoms with Crippen molar-refractivity contribution in [2.75, 3.05) is 12.8 Å². The molecule has 24 heavy (non-hydrogen) atoms. The summed E-state index contributed by atoms with van der Waals surface area (Å²) < 4.78 is 9.82. The van der Waals surface area contributed by atoms with E-state index in [0.717, 1.165) is 41.5 Å². The van der Waals surface area contributed by atoms with Crippen molar-refractivity contribution in [3.63, 3.8) is 0 Å². The van der Waals surface area contributed by atoms with Crippen molar-refractivity contribution < 1.29 is 4.43 Å². The molecule has 0 unspecified atom stereocenters. The first-order valence-electron chi connectivity index (χ1n) is 8.82. The second kappa shape index (κ2) is 7.34. The SMILES string of the molecule is CN=Cc1c(Br)cn(C2CCC(O[Si](C)(C)C(C)(C)C)CC2)c1N. The Morgan fingerprint density at radius 2 is 1.88 bits per heavy atom. The van der Waals surface area contributed by atoms with Gasteiger partial charge in [0, 0.05) is 41.6 Å². The van der Waals surface area contributed by atoms with E-state index in [-0.39, 0.29) is 5.04 Å². The average Bonchev–Trinajstić information content (AvgIpc) is 2.75. The third kappa shape index (κ3) is 4.14. The first-order valence-corrected chi connectivity index (χ1v) is 12.5. The molecule has 0 bridgehead atoms. The second-order valence-electron chi connectivity index (χ2n) is 8.38. The highest BCUT2D eigenvalue weighted by atomic mass is 79.9. The molecule has 2 rings (SSSR count). The van der Waals surface area contributed by atoms with Crippen LogP contribution in [0.4, 0.5) is 5.82 Å². The van der Waals surface area contributed by atoms with Crippen LogP contribution in [0.25, 0.3) is 0 Å². The molecule has 1 saturated carbocycles. The van der Waals surface area contributed by atoms with E-state index in [1.165, 1.54) is 0 Å². The lowest BCUT2D eigenvalue weighted by molar-refractivity contribution is 0.119. The van der Waals surface area contributed by atoms with E-state index in [0.29, 0.717) is 12.1 Å². The van der Waals surface area contributed by atoms with E-state index >= 15 is 0 Å². The molecule has 1 aromatic rings. The van der Waals surface area contributed by atoms with E-state index in [4.69, 9.17) is 10.2 Å². The highest BCUT2D eigenvalue weighted by Gasteiger charge is 2.40. The van der Waals surface area contributed by atoms with Crippen molar-refractivity contribution in [2.45, 2.75) is 76.7 Å². The van der Waals surface area contributed by atoms with E-state index in [1.54, 1.807) is 7.05 Å². The van der Waals surface area contributed by atoms with Crippen LogP contribution < -0.4 is 5.73 Å². The van der Waals surface area contributed by atoms with Crippen LogP contribution in [0.1, 0.15) is 58.1 Å². The summed E-state index contributed by atoms with van der Waals surface area (Å²) in [6, 6.07) is 0.458. The van der Waals surface area contributed by atoms with Crippen LogP contribution in [-0.4, -0.2) is 32.3 Å². The smallest absolute Gasteiger partial charge is 0.192 e. The zero-order valence-corrected chi connectivity index (χ0v) is 18.5. The Kier molecular flexibility index (Phi) is 6.03. The molecule has 0 aliphatic heterocycles. The van der Waals surface area contributed by atoms with Gasteiger partial charge in [0.1, 0.15) is 5.82 Å². The molecule has 4 nitrogen and oxygen atoms in total. The quantitative estimate of drug-likeness (QED) is 0.531. The van der Waals surface area contributed by atoms with Crippen molar-refractivity contribution in [3.8, 4) is 0 Å². The van der Waals surface area contributed by atoms with Gasteiger partial charge in [-0.1, -0.05) is 20.8 Å². The minimum absolute atomic E-state index is 0.272.